The summed E-state index contributed by atoms with van der Waals surface area (Å²) in [5.41, 5.74) is 1.53. The second-order valence-electron chi connectivity index (χ2n) is 10.4. The first kappa shape index (κ1) is 29.2. The molecule has 0 spiro atoms. The largest absolute Gasteiger partial charge is 0.394 e. The lowest BCUT2D eigenvalue weighted by Crippen LogP contribution is -2.37. The van der Waals surface area contributed by atoms with E-state index < -0.39 is 42.2 Å². The maximum atomic E-state index is 15.0. The first-order chi connectivity index (χ1) is 20.0. The third-order valence-corrected chi connectivity index (χ3v) is 7.21. The van der Waals surface area contributed by atoms with Crippen LogP contribution in [0.2, 0.25) is 0 Å². The Hall–Kier alpha value is -4.25. The van der Waals surface area contributed by atoms with Crippen molar-refractivity contribution in [2.24, 2.45) is 5.92 Å². The Morgan fingerprint density at radius 1 is 0.976 bits per heavy atom. The van der Waals surface area contributed by atoms with Gasteiger partial charge in [0, 0.05) is 53.8 Å². The van der Waals surface area contributed by atoms with E-state index in [0.29, 0.717) is 17.1 Å². The maximum Gasteiger partial charge on any atom is 0.394 e. The van der Waals surface area contributed by atoms with E-state index in [1.54, 1.807) is 24.3 Å². The molecule has 2 aromatic carbocycles. The summed E-state index contributed by atoms with van der Waals surface area (Å²) < 4.78 is 76.5. The lowest BCUT2D eigenvalue weighted by Gasteiger charge is -2.34. The monoisotopic (exact) mass is 582 g/mol. The summed E-state index contributed by atoms with van der Waals surface area (Å²) in [5.74, 6) is -4.07. The quantitative estimate of drug-likeness (QED) is 0.238. The van der Waals surface area contributed by atoms with Gasteiger partial charge in [0.1, 0.15) is 17.5 Å². The van der Waals surface area contributed by atoms with Crippen molar-refractivity contribution in [2.75, 3.05) is 18.5 Å². The fourth-order valence-corrected chi connectivity index (χ4v) is 5.06. The Labute approximate surface area is 239 Å². The van der Waals surface area contributed by atoms with E-state index in [9.17, 15) is 26.7 Å². The number of aromatic nitrogens is 3. The van der Waals surface area contributed by atoms with E-state index >= 15 is 0 Å². The van der Waals surface area contributed by atoms with Crippen LogP contribution in [-0.4, -0.2) is 40.2 Å². The molecule has 0 aliphatic carbocycles. The Balaban J connectivity index is 1.55. The highest BCUT2D eigenvalue weighted by atomic mass is 19.4. The van der Waals surface area contributed by atoms with Crippen molar-refractivity contribution in [3.05, 3.63) is 95.8 Å². The Bertz CT molecular complexity index is 1570. The zero-order valence-corrected chi connectivity index (χ0v) is 22.8. The molecule has 1 aliphatic heterocycles. The zero-order valence-electron chi connectivity index (χ0n) is 22.8. The minimum atomic E-state index is -4.56. The number of benzene rings is 2. The highest BCUT2D eigenvalue weighted by molar-refractivity contribution is 6.04. The van der Waals surface area contributed by atoms with Gasteiger partial charge in [-0.05, 0) is 53.9 Å². The van der Waals surface area contributed by atoms with E-state index in [-0.39, 0.29) is 46.9 Å². The number of ether oxygens (including phenoxy) is 1. The molecule has 6 nitrogen and oxygen atoms in total. The smallest absolute Gasteiger partial charge is 0.381 e. The van der Waals surface area contributed by atoms with E-state index in [1.165, 1.54) is 24.7 Å². The number of nitrogens with one attached hydrogen (secondary N) is 1. The van der Waals surface area contributed by atoms with Crippen LogP contribution in [-0.2, 0) is 4.74 Å². The van der Waals surface area contributed by atoms with Crippen LogP contribution in [0.4, 0.5) is 27.6 Å². The standard InChI is InChI=1S/C31H27F5N4O2/c1-17(2)29-38-14-19(15-39-29)30(41)40-21-6-3-18(4-7-21)27-22(24-13-20(32)5-8-26(24)33)9-11-37-28(27)23-10-12-42-16-25(23)31(34,35)36/h3-9,11,13-15,17,23,25H,10,12,16H2,1-2H3,(H,40,41). The van der Waals surface area contributed by atoms with Gasteiger partial charge in [-0.25, -0.2) is 18.7 Å². The van der Waals surface area contributed by atoms with Gasteiger partial charge in [0.25, 0.3) is 5.91 Å². The summed E-state index contributed by atoms with van der Waals surface area (Å²) in [6, 6.07) is 10.7. The number of halogens is 5. The number of alkyl halides is 3. The highest BCUT2D eigenvalue weighted by Gasteiger charge is 2.48. The lowest BCUT2D eigenvalue weighted by molar-refractivity contribution is -0.206. The van der Waals surface area contributed by atoms with E-state index in [4.69, 9.17) is 4.74 Å². The van der Waals surface area contributed by atoms with Crippen molar-refractivity contribution in [3.8, 4) is 22.3 Å². The van der Waals surface area contributed by atoms with Crippen molar-refractivity contribution >= 4 is 11.6 Å². The first-order valence-electron chi connectivity index (χ1n) is 13.4. The van der Waals surface area contributed by atoms with E-state index in [1.807, 2.05) is 13.8 Å². The molecule has 4 aromatic rings. The molecular weight excluding hydrogens is 555 g/mol. The molecule has 42 heavy (non-hydrogen) atoms. The molecule has 2 unspecified atom stereocenters. The van der Waals surface area contributed by atoms with Crippen LogP contribution in [0.3, 0.4) is 0 Å². The summed E-state index contributed by atoms with van der Waals surface area (Å²) in [5, 5.41) is 2.74. The Morgan fingerprint density at radius 2 is 1.69 bits per heavy atom. The van der Waals surface area contributed by atoms with Crippen LogP contribution >= 0.6 is 0 Å². The van der Waals surface area contributed by atoms with Gasteiger partial charge < -0.3 is 10.1 Å². The minimum absolute atomic E-state index is 0.0467. The third kappa shape index (κ3) is 6.15. The van der Waals surface area contributed by atoms with Gasteiger partial charge in [-0.2, -0.15) is 13.2 Å². The van der Waals surface area contributed by atoms with Crippen molar-refractivity contribution in [3.63, 3.8) is 0 Å². The summed E-state index contributed by atoms with van der Waals surface area (Å²) >= 11 is 0. The lowest BCUT2D eigenvalue weighted by atomic mass is 9.80. The molecule has 1 amide bonds. The number of hydrogen-bond donors (Lipinski definition) is 1. The first-order valence-corrected chi connectivity index (χ1v) is 13.4. The maximum absolute atomic E-state index is 15.0. The van der Waals surface area contributed by atoms with Crippen LogP contribution in [0.15, 0.2) is 67.1 Å². The third-order valence-electron chi connectivity index (χ3n) is 7.21. The summed E-state index contributed by atoms with van der Waals surface area (Å²) in [6.07, 6.45) is -0.347. The molecule has 0 radical (unpaired) electrons. The second kappa shape index (κ2) is 11.9. The van der Waals surface area contributed by atoms with Crippen LogP contribution < -0.4 is 5.32 Å². The van der Waals surface area contributed by atoms with Crippen LogP contribution in [0.1, 0.15) is 54.0 Å². The van der Waals surface area contributed by atoms with E-state index in [2.05, 4.69) is 20.3 Å². The average molecular weight is 583 g/mol. The normalized spacial score (nSPS) is 17.3. The Morgan fingerprint density at radius 3 is 2.36 bits per heavy atom. The van der Waals surface area contributed by atoms with E-state index in [0.717, 1.165) is 18.2 Å². The number of amides is 1. The van der Waals surface area contributed by atoms with Gasteiger partial charge in [0.15, 0.2) is 0 Å². The van der Waals surface area contributed by atoms with Gasteiger partial charge in [0.05, 0.1) is 23.8 Å². The predicted molar refractivity (Wildman–Crippen MR) is 147 cm³/mol. The van der Waals surface area contributed by atoms with Crippen LogP contribution in [0.5, 0.6) is 0 Å². The molecule has 1 N–H and O–H groups in total. The van der Waals surface area contributed by atoms with Crippen molar-refractivity contribution in [1.29, 1.82) is 0 Å². The topological polar surface area (TPSA) is 77.0 Å². The highest BCUT2D eigenvalue weighted by Crippen LogP contribution is 2.46. The molecule has 5 rings (SSSR count). The molecule has 0 saturated carbocycles. The minimum Gasteiger partial charge on any atom is -0.381 e. The molecule has 1 saturated heterocycles. The zero-order chi connectivity index (χ0) is 30.0. The molecule has 1 fully saturated rings. The molecule has 218 valence electrons. The SMILES string of the molecule is CC(C)c1ncc(C(=O)Nc2ccc(-c3c(-c4cc(F)ccc4F)ccnc3C3CCOCC3C(F)(F)F)cc2)cn1. The van der Waals surface area contributed by atoms with Gasteiger partial charge >= 0.3 is 6.18 Å². The van der Waals surface area contributed by atoms with Crippen LogP contribution in [0.25, 0.3) is 22.3 Å². The average Bonchev–Trinajstić information content (AvgIpc) is 2.98. The van der Waals surface area contributed by atoms with Crippen molar-refractivity contribution in [2.45, 2.75) is 38.3 Å². The molecule has 3 heterocycles. The second-order valence-corrected chi connectivity index (χ2v) is 10.4. The van der Waals surface area contributed by atoms with Gasteiger partial charge in [-0.1, -0.05) is 26.0 Å². The molecule has 1 aliphatic rings. The van der Waals surface area contributed by atoms with Gasteiger partial charge in [-0.15, -0.1) is 0 Å². The fourth-order valence-electron chi connectivity index (χ4n) is 5.06. The number of nitrogens with zero attached hydrogens (tertiary/aromatic N) is 3. The summed E-state index contributed by atoms with van der Waals surface area (Å²) in [7, 11) is 0. The molecule has 11 heteroatoms. The van der Waals surface area contributed by atoms with Gasteiger partial charge in [0.2, 0.25) is 0 Å². The molecule has 0 bridgehead atoms. The number of anilines is 1. The fraction of sp³-hybridized carbons (Fsp3) is 0.290. The number of hydrogen-bond acceptors (Lipinski definition) is 5. The van der Waals surface area contributed by atoms with Crippen molar-refractivity contribution in [1.82, 2.24) is 15.0 Å². The van der Waals surface area contributed by atoms with Crippen molar-refractivity contribution < 1.29 is 31.5 Å². The number of pyridine rings is 1. The van der Waals surface area contributed by atoms with Crippen LogP contribution in [0, 0.1) is 17.6 Å². The molecule has 2 atom stereocenters. The summed E-state index contributed by atoms with van der Waals surface area (Å²) in [6.45, 7) is 3.44. The predicted octanol–water partition coefficient (Wildman–Crippen LogP) is 7.54. The molecule has 2 aromatic heterocycles. The Kier molecular flexibility index (Phi) is 8.31. The number of carbonyl (C=O) groups is 1. The summed E-state index contributed by atoms with van der Waals surface area (Å²) in [4.78, 5) is 25.5. The number of carbonyl (C=O) groups excluding carboxylic acids is 1. The molecular formula is C31H27F5N4O2. The number of rotatable bonds is 6. The van der Waals surface area contributed by atoms with Gasteiger partial charge in [-0.3, -0.25) is 9.78 Å².